The lowest BCUT2D eigenvalue weighted by molar-refractivity contribution is 0.0704. The maximum atomic E-state index is 12.8. The first-order chi connectivity index (χ1) is 9.74. The van der Waals surface area contributed by atoms with Crippen LogP contribution in [0.3, 0.4) is 0 Å². The van der Waals surface area contributed by atoms with Crippen LogP contribution in [0.15, 0.2) is 24.3 Å². The zero-order valence-electron chi connectivity index (χ0n) is 12.3. The summed E-state index contributed by atoms with van der Waals surface area (Å²) in [6.45, 7) is 5.16. The van der Waals surface area contributed by atoms with Crippen molar-refractivity contribution < 1.29 is 4.79 Å². The van der Waals surface area contributed by atoms with Gasteiger partial charge in [0.25, 0.3) is 5.91 Å². The lowest BCUT2D eigenvalue weighted by Crippen LogP contribution is -2.42. The van der Waals surface area contributed by atoms with Gasteiger partial charge in [0.15, 0.2) is 0 Å². The summed E-state index contributed by atoms with van der Waals surface area (Å²) in [5, 5.41) is 3.45. The highest BCUT2D eigenvalue weighted by Gasteiger charge is 2.34. The lowest BCUT2D eigenvalue weighted by Gasteiger charge is -2.30. The van der Waals surface area contributed by atoms with Crippen LogP contribution in [-0.4, -0.2) is 36.5 Å². The Kier molecular flexibility index (Phi) is 4.06. The van der Waals surface area contributed by atoms with Crippen molar-refractivity contribution in [3.63, 3.8) is 0 Å². The second-order valence-electron chi connectivity index (χ2n) is 6.27. The first-order valence-corrected chi connectivity index (χ1v) is 7.82. The first kappa shape index (κ1) is 13.6. The van der Waals surface area contributed by atoms with E-state index in [4.69, 9.17) is 0 Å². The molecule has 1 N–H and O–H groups in total. The quantitative estimate of drug-likeness (QED) is 0.913. The number of nitrogens with one attached hydrogen (secondary N) is 1. The summed E-state index contributed by atoms with van der Waals surface area (Å²) in [6.07, 6.45) is 4.84. The zero-order chi connectivity index (χ0) is 13.9. The van der Waals surface area contributed by atoms with Crippen LogP contribution < -0.4 is 5.32 Å². The fourth-order valence-electron chi connectivity index (χ4n) is 3.09. The summed E-state index contributed by atoms with van der Waals surface area (Å²) in [5.41, 5.74) is 2.01. The van der Waals surface area contributed by atoms with Crippen molar-refractivity contribution in [2.75, 3.05) is 19.6 Å². The molecule has 0 aromatic heterocycles. The van der Waals surface area contributed by atoms with E-state index in [0.717, 1.165) is 30.8 Å². The van der Waals surface area contributed by atoms with E-state index in [1.807, 2.05) is 31.2 Å². The van der Waals surface area contributed by atoms with Crippen LogP contribution in [0.5, 0.6) is 0 Å². The number of benzene rings is 1. The smallest absolute Gasteiger partial charge is 0.254 e. The summed E-state index contributed by atoms with van der Waals surface area (Å²) in [5.74, 6) is 0.847. The van der Waals surface area contributed by atoms with Crippen LogP contribution in [0, 0.1) is 12.8 Å². The van der Waals surface area contributed by atoms with E-state index in [0.29, 0.717) is 12.0 Å². The molecule has 1 atom stereocenters. The average molecular weight is 272 g/mol. The van der Waals surface area contributed by atoms with Crippen LogP contribution >= 0.6 is 0 Å². The van der Waals surface area contributed by atoms with Gasteiger partial charge in [0.2, 0.25) is 0 Å². The number of carbonyl (C=O) groups is 1. The van der Waals surface area contributed by atoms with Crippen molar-refractivity contribution in [3.05, 3.63) is 35.4 Å². The number of amides is 1. The first-order valence-electron chi connectivity index (χ1n) is 7.82. The Balaban J connectivity index is 1.71. The minimum absolute atomic E-state index is 0.224. The molecule has 0 spiro atoms. The Morgan fingerprint density at radius 2 is 2.20 bits per heavy atom. The largest absolute Gasteiger partial charge is 0.335 e. The van der Waals surface area contributed by atoms with Gasteiger partial charge in [-0.15, -0.1) is 0 Å². The highest BCUT2D eigenvalue weighted by atomic mass is 16.2. The van der Waals surface area contributed by atoms with Crippen LogP contribution in [0.25, 0.3) is 0 Å². The minimum Gasteiger partial charge on any atom is -0.335 e. The molecular weight excluding hydrogens is 248 g/mol. The number of hydrogen-bond acceptors (Lipinski definition) is 2. The third-order valence-corrected chi connectivity index (χ3v) is 4.37. The fraction of sp³-hybridized carbons (Fsp3) is 0.588. The Morgan fingerprint density at radius 1 is 1.35 bits per heavy atom. The van der Waals surface area contributed by atoms with E-state index in [2.05, 4.69) is 10.2 Å². The van der Waals surface area contributed by atoms with E-state index >= 15 is 0 Å². The van der Waals surface area contributed by atoms with Crippen molar-refractivity contribution in [2.45, 2.75) is 38.6 Å². The van der Waals surface area contributed by atoms with Crippen molar-refractivity contribution in [2.24, 2.45) is 5.92 Å². The highest BCUT2D eigenvalue weighted by Crippen LogP contribution is 2.30. The molecule has 2 fully saturated rings. The normalized spacial score (nSPS) is 22.6. The molecule has 1 aromatic carbocycles. The molecule has 0 bridgehead atoms. The molecule has 1 aromatic rings. The average Bonchev–Trinajstić information content (AvgIpc) is 3.30. The molecule has 1 saturated carbocycles. The van der Waals surface area contributed by atoms with Crippen LogP contribution in [0.4, 0.5) is 0 Å². The van der Waals surface area contributed by atoms with Gasteiger partial charge in [0.1, 0.15) is 0 Å². The van der Waals surface area contributed by atoms with E-state index in [-0.39, 0.29) is 5.91 Å². The Labute approximate surface area is 121 Å². The molecule has 108 valence electrons. The Hall–Kier alpha value is -1.35. The predicted octanol–water partition coefficient (Wildman–Crippen LogP) is 2.60. The third kappa shape index (κ3) is 3.21. The van der Waals surface area contributed by atoms with Crippen molar-refractivity contribution in [1.29, 1.82) is 0 Å². The predicted molar refractivity (Wildman–Crippen MR) is 80.8 cm³/mol. The van der Waals surface area contributed by atoms with Gasteiger partial charge in [0.05, 0.1) is 0 Å². The van der Waals surface area contributed by atoms with Gasteiger partial charge in [-0.05, 0) is 63.7 Å². The fourth-order valence-corrected chi connectivity index (χ4v) is 3.09. The lowest BCUT2D eigenvalue weighted by atomic mass is 9.98. The molecule has 3 heteroatoms. The molecule has 3 nitrogen and oxygen atoms in total. The molecular formula is C17H24N2O. The van der Waals surface area contributed by atoms with Crippen molar-refractivity contribution in [1.82, 2.24) is 10.2 Å². The van der Waals surface area contributed by atoms with Gasteiger partial charge in [-0.1, -0.05) is 17.7 Å². The summed E-state index contributed by atoms with van der Waals surface area (Å²) in [6, 6.07) is 8.48. The van der Waals surface area contributed by atoms with Gasteiger partial charge >= 0.3 is 0 Å². The monoisotopic (exact) mass is 272 g/mol. The molecule has 1 aliphatic carbocycles. The standard InChI is InChI=1S/C17H24N2O/c1-13-4-2-6-15(10-13)17(20)19(16-7-8-16)12-14-5-3-9-18-11-14/h2,4,6,10,14,16,18H,3,5,7-9,11-12H2,1H3. The topological polar surface area (TPSA) is 32.3 Å². The minimum atomic E-state index is 0.224. The van der Waals surface area contributed by atoms with Crippen molar-refractivity contribution >= 4 is 5.91 Å². The van der Waals surface area contributed by atoms with E-state index in [1.165, 1.54) is 25.7 Å². The number of rotatable bonds is 4. The number of piperidine rings is 1. The molecule has 0 radical (unpaired) electrons. The second-order valence-corrected chi connectivity index (χ2v) is 6.27. The summed E-state index contributed by atoms with van der Waals surface area (Å²) in [4.78, 5) is 14.9. The van der Waals surface area contributed by atoms with Crippen LogP contribution in [0.2, 0.25) is 0 Å². The van der Waals surface area contributed by atoms with E-state index in [1.54, 1.807) is 0 Å². The maximum absolute atomic E-state index is 12.8. The van der Waals surface area contributed by atoms with Crippen LogP contribution in [-0.2, 0) is 0 Å². The van der Waals surface area contributed by atoms with Gasteiger partial charge < -0.3 is 10.2 Å². The van der Waals surface area contributed by atoms with E-state index in [9.17, 15) is 4.79 Å². The summed E-state index contributed by atoms with van der Waals surface area (Å²) >= 11 is 0. The Morgan fingerprint density at radius 3 is 2.85 bits per heavy atom. The molecule has 1 saturated heterocycles. The molecule has 20 heavy (non-hydrogen) atoms. The maximum Gasteiger partial charge on any atom is 0.254 e. The van der Waals surface area contributed by atoms with Crippen molar-refractivity contribution in [3.8, 4) is 0 Å². The number of nitrogens with zero attached hydrogens (tertiary/aromatic N) is 1. The molecule has 1 unspecified atom stereocenters. The van der Waals surface area contributed by atoms with Gasteiger partial charge in [-0.25, -0.2) is 0 Å². The second kappa shape index (κ2) is 5.96. The Bertz CT molecular complexity index is 476. The zero-order valence-corrected chi connectivity index (χ0v) is 12.3. The molecule has 1 aliphatic heterocycles. The van der Waals surface area contributed by atoms with E-state index < -0.39 is 0 Å². The van der Waals surface area contributed by atoms with Gasteiger partial charge in [-0.3, -0.25) is 4.79 Å². The SMILES string of the molecule is Cc1cccc(C(=O)N(CC2CCCNC2)C2CC2)c1. The molecule has 3 rings (SSSR count). The molecule has 1 amide bonds. The molecule has 2 aliphatic rings. The molecule has 1 heterocycles. The van der Waals surface area contributed by atoms with Gasteiger partial charge in [-0.2, -0.15) is 0 Å². The number of aryl methyl sites for hydroxylation is 1. The number of hydrogen-bond donors (Lipinski definition) is 1. The highest BCUT2D eigenvalue weighted by molar-refractivity contribution is 5.94. The summed E-state index contributed by atoms with van der Waals surface area (Å²) in [7, 11) is 0. The van der Waals surface area contributed by atoms with Gasteiger partial charge in [0, 0.05) is 18.2 Å². The summed E-state index contributed by atoms with van der Waals surface area (Å²) < 4.78 is 0. The number of carbonyl (C=O) groups excluding carboxylic acids is 1. The third-order valence-electron chi connectivity index (χ3n) is 4.37. The van der Waals surface area contributed by atoms with Crippen LogP contribution in [0.1, 0.15) is 41.6 Å².